The second-order valence-electron chi connectivity index (χ2n) is 6.17. The quantitative estimate of drug-likeness (QED) is 0.786. The second-order valence-corrected chi connectivity index (χ2v) is 7.20. The Kier molecular flexibility index (Phi) is 4.31. The first kappa shape index (κ1) is 16.0. The summed E-state index contributed by atoms with van der Waals surface area (Å²) in [6.45, 7) is 3.60. The summed E-state index contributed by atoms with van der Waals surface area (Å²) < 4.78 is 2.13. The third-order valence-corrected chi connectivity index (χ3v) is 5.48. The molecule has 1 aromatic carbocycles. The molecule has 1 aliphatic rings. The van der Waals surface area contributed by atoms with Crippen LogP contribution in [0.4, 0.5) is 10.7 Å². The summed E-state index contributed by atoms with van der Waals surface area (Å²) >= 11 is 1.66. The maximum absolute atomic E-state index is 12.3. The molecule has 0 spiro atoms. The van der Waals surface area contributed by atoms with E-state index in [2.05, 4.69) is 20.9 Å². The maximum Gasteiger partial charge on any atom is 0.317 e. The molecule has 0 saturated carbocycles. The normalized spacial score (nSPS) is 14.9. The van der Waals surface area contributed by atoms with E-state index in [0.29, 0.717) is 19.6 Å². The highest BCUT2D eigenvalue weighted by Crippen LogP contribution is 2.22. The Morgan fingerprint density at radius 2 is 1.96 bits per heavy atom. The Balaban J connectivity index is 1.37. The molecule has 3 heterocycles. The first-order valence-electron chi connectivity index (χ1n) is 8.44. The van der Waals surface area contributed by atoms with Crippen LogP contribution in [0, 0.1) is 0 Å². The number of anilines is 1. The smallest absolute Gasteiger partial charge is 0.317 e. The lowest BCUT2D eigenvalue weighted by Crippen LogP contribution is -2.52. The number of amides is 2. The number of imidazole rings is 1. The Hall–Kier alpha value is -2.54. The van der Waals surface area contributed by atoms with Crippen LogP contribution in [0.1, 0.15) is 4.88 Å². The van der Waals surface area contributed by atoms with Gasteiger partial charge in [0.15, 0.2) is 0 Å². The predicted molar refractivity (Wildman–Crippen MR) is 101 cm³/mol. The molecule has 25 heavy (non-hydrogen) atoms. The van der Waals surface area contributed by atoms with Gasteiger partial charge in [-0.3, -0.25) is 0 Å². The fourth-order valence-electron chi connectivity index (χ4n) is 3.21. The van der Waals surface area contributed by atoms with Crippen molar-refractivity contribution in [3.63, 3.8) is 0 Å². The van der Waals surface area contributed by atoms with Gasteiger partial charge in [0.1, 0.15) is 0 Å². The number of hydrogen-bond donors (Lipinski definition) is 1. The van der Waals surface area contributed by atoms with Crippen molar-refractivity contribution in [2.45, 2.75) is 6.54 Å². The number of rotatable bonds is 3. The lowest BCUT2D eigenvalue weighted by molar-refractivity contribution is 0.193. The molecule has 1 N–H and O–H groups in total. The first-order valence-corrected chi connectivity index (χ1v) is 9.32. The zero-order valence-corrected chi connectivity index (χ0v) is 15.0. The van der Waals surface area contributed by atoms with Crippen molar-refractivity contribution in [3.8, 4) is 0 Å². The van der Waals surface area contributed by atoms with Gasteiger partial charge in [0.25, 0.3) is 0 Å². The molecule has 0 atom stereocenters. The topological polar surface area (TPSA) is 53.4 Å². The number of nitrogens with zero attached hydrogens (tertiary/aromatic N) is 4. The average molecular weight is 355 g/mol. The van der Waals surface area contributed by atoms with Gasteiger partial charge >= 0.3 is 6.03 Å². The van der Waals surface area contributed by atoms with E-state index in [-0.39, 0.29) is 6.03 Å². The molecule has 1 saturated heterocycles. The second kappa shape index (κ2) is 6.76. The van der Waals surface area contributed by atoms with Gasteiger partial charge in [-0.25, -0.2) is 9.78 Å². The van der Waals surface area contributed by atoms with Gasteiger partial charge in [-0.1, -0.05) is 18.2 Å². The van der Waals surface area contributed by atoms with Crippen molar-refractivity contribution in [2.75, 3.05) is 31.1 Å². The van der Waals surface area contributed by atoms with E-state index in [0.717, 1.165) is 30.1 Å². The van der Waals surface area contributed by atoms with E-state index in [9.17, 15) is 4.79 Å². The summed E-state index contributed by atoms with van der Waals surface area (Å²) in [5, 5.41) is 5.03. The number of carbonyl (C=O) groups excluding carboxylic acids is 1. The summed E-state index contributed by atoms with van der Waals surface area (Å²) in [5.41, 5.74) is 2.14. The van der Waals surface area contributed by atoms with Crippen LogP contribution in [0.5, 0.6) is 0 Å². The van der Waals surface area contributed by atoms with Crippen LogP contribution in [-0.2, 0) is 13.6 Å². The fraction of sp³-hybridized carbons (Fsp3) is 0.333. The minimum atomic E-state index is 0.0121. The average Bonchev–Trinajstić information content (AvgIpc) is 3.28. The molecule has 2 aromatic heterocycles. The van der Waals surface area contributed by atoms with Gasteiger partial charge in [-0.05, 0) is 23.6 Å². The van der Waals surface area contributed by atoms with Crippen LogP contribution in [0.2, 0.25) is 0 Å². The maximum atomic E-state index is 12.3. The van der Waals surface area contributed by atoms with Gasteiger partial charge < -0.3 is 19.7 Å². The number of aryl methyl sites for hydroxylation is 1. The van der Waals surface area contributed by atoms with Crippen molar-refractivity contribution in [2.24, 2.45) is 7.05 Å². The monoisotopic (exact) mass is 355 g/mol. The van der Waals surface area contributed by atoms with Gasteiger partial charge in [0.05, 0.1) is 17.6 Å². The SMILES string of the molecule is Cn1c(N2CCN(C(=O)NCc3cccs3)CC2)nc2ccccc21. The van der Waals surface area contributed by atoms with Crippen molar-refractivity contribution in [1.82, 2.24) is 19.8 Å². The number of benzene rings is 1. The van der Waals surface area contributed by atoms with Crippen LogP contribution < -0.4 is 10.2 Å². The number of urea groups is 1. The summed E-state index contributed by atoms with van der Waals surface area (Å²) in [6.07, 6.45) is 0. The Bertz CT molecular complexity index is 865. The zero-order valence-electron chi connectivity index (χ0n) is 14.2. The number of nitrogens with one attached hydrogen (secondary N) is 1. The standard InChI is InChI=1S/C18H21N5OS/c1-21-16-7-3-2-6-15(16)20-17(21)22-8-10-23(11-9-22)18(24)19-13-14-5-4-12-25-14/h2-7,12H,8-11,13H2,1H3,(H,19,24). The predicted octanol–water partition coefficient (Wildman–Crippen LogP) is 2.67. The Labute approximate surface area is 150 Å². The minimum Gasteiger partial charge on any atom is -0.339 e. The molecule has 3 aromatic rings. The van der Waals surface area contributed by atoms with Crippen LogP contribution in [0.3, 0.4) is 0 Å². The number of hydrogen-bond acceptors (Lipinski definition) is 4. The largest absolute Gasteiger partial charge is 0.339 e. The van der Waals surface area contributed by atoms with Gasteiger partial charge in [-0.15, -0.1) is 11.3 Å². The molecule has 6 nitrogen and oxygen atoms in total. The molecule has 1 fully saturated rings. The van der Waals surface area contributed by atoms with Gasteiger partial charge in [-0.2, -0.15) is 0 Å². The number of thiophene rings is 1. The third-order valence-electron chi connectivity index (χ3n) is 4.61. The van der Waals surface area contributed by atoms with Crippen LogP contribution in [0.25, 0.3) is 11.0 Å². The Morgan fingerprint density at radius 3 is 2.68 bits per heavy atom. The van der Waals surface area contributed by atoms with Crippen LogP contribution in [-0.4, -0.2) is 46.7 Å². The van der Waals surface area contributed by atoms with Crippen molar-refractivity contribution < 1.29 is 4.79 Å². The van der Waals surface area contributed by atoms with E-state index in [1.807, 2.05) is 47.7 Å². The van der Waals surface area contributed by atoms with E-state index in [4.69, 9.17) is 4.98 Å². The molecule has 2 amide bonds. The molecule has 1 aliphatic heterocycles. The highest BCUT2D eigenvalue weighted by atomic mass is 32.1. The Morgan fingerprint density at radius 1 is 1.16 bits per heavy atom. The van der Waals surface area contributed by atoms with E-state index in [1.54, 1.807) is 11.3 Å². The number of aromatic nitrogens is 2. The molecule has 130 valence electrons. The summed E-state index contributed by atoms with van der Waals surface area (Å²) in [4.78, 5) is 22.4. The number of fused-ring (bicyclic) bond motifs is 1. The van der Waals surface area contributed by atoms with Gasteiger partial charge in [0.2, 0.25) is 5.95 Å². The molecule has 0 bridgehead atoms. The highest BCUT2D eigenvalue weighted by Gasteiger charge is 2.23. The third kappa shape index (κ3) is 3.19. The van der Waals surface area contributed by atoms with Crippen LogP contribution in [0.15, 0.2) is 41.8 Å². The van der Waals surface area contributed by atoms with Crippen molar-refractivity contribution in [1.29, 1.82) is 0 Å². The van der Waals surface area contributed by atoms with Crippen molar-refractivity contribution in [3.05, 3.63) is 46.7 Å². The summed E-state index contributed by atoms with van der Waals surface area (Å²) in [5.74, 6) is 0.972. The van der Waals surface area contributed by atoms with E-state index >= 15 is 0 Å². The lowest BCUT2D eigenvalue weighted by atomic mass is 10.3. The molecule has 7 heteroatoms. The number of para-hydroxylation sites is 2. The summed E-state index contributed by atoms with van der Waals surface area (Å²) in [7, 11) is 2.05. The molecular weight excluding hydrogens is 334 g/mol. The molecule has 4 rings (SSSR count). The highest BCUT2D eigenvalue weighted by molar-refractivity contribution is 7.09. The first-order chi connectivity index (χ1) is 12.2. The van der Waals surface area contributed by atoms with E-state index in [1.165, 1.54) is 4.88 Å². The van der Waals surface area contributed by atoms with E-state index < -0.39 is 0 Å². The lowest BCUT2D eigenvalue weighted by Gasteiger charge is -2.35. The number of carbonyl (C=O) groups is 1. The molecule has 0 radical (unpaired) electrons. The van der Waals surface area contributed by atoms with Gasteiger partial charge in [0, 0.05) is 38.1 Å². The summed E-state index contributed by atoms with van der Waals surface area (Å²) in [6, 6.07) is 12.2. The zero-order chi connectivity index (χ0) is 17.2. The number of piperazine rings is 1. The minimum absolute atomic E-state index is 0.0121. The molecular formula is C18H21N5OS. The van der Waals surface area contributed by atoms with Crippen LogP contribution >= 0.6 is 11.3 Å². The van der Waals surface area contributed by atoms with Crippen molar-refractivity contribution >= 4 is 34.3 Å². The molecule has 0 aliphatic carbocycles. The fourth-order valence-corrected chi connectivity index (χ4v) is 3.86. The molecule has 0 unspecified atom stereocenters.